The molecule has 5 heteroatoms. The summed E-state index contributed by atoms with van der Waals surface area (Å²) in [5.74, 6) is 0.758. The molecule has 2 aliphatic rings. The Morgan fingerprint density at radius 2 is 2.15 bits per heavy atom. The van der Waals surface area contributed by atoms with Crippen molar-refractivity contribution in [1.82, 2.24) is 9.88 Å². The molecule has 1 aromatic rings. The summed E-state index contributed by atoms with van der Waals surface area (Å²) in [4.78, 5) is 24.4. The van der Waals surface area contributed by atoms with Gasteiger partial charge < -0.3 is 9.80 Å². The van der Waals surface area contributed by atoms with Crippen LogP contribution in [-0.4, -0.2) is 47.8 Å². The van der Waals surface area contributed by atoms with Crippen LogP contribution in [0.15, 0.2) is 23.5 Å². The summed E-state index contributed by atoms with van der Waals surface area (Å²) in [6.07, 6.45) is 6.64. The van der Waals surface area contributed by atoms with Gasteiger partial charge in [-0.15, -0.1) is 0 Å². The molecule has 0 unspecified atom stereocenters. The first-order valence-corrected chi connectivity index (χ1v) is 7.14. The number of aliphatic imine (C=N–C) groups is 1. The van der Waals surface area contributed by atoms with Gasteiger partial charge in [0.05, 0.1) is 0 Å². The van der Waals surface area contributed by atoms with Gasteiger partial charge in [-0.3, -0.25) is 9.78 Å². The van der Waals surface area contributed by atoms with Crippen LogP contribution in [0, 0.1) is 0 Å². The van der Waals surface area contributed by atoms with E-state index in [0.29, 0.717) is 6.04 Å². The van der Waals surface area contributed by atoms with Crippen LogP contribution < -0.4 is 4.90 Å². The Bertz CT molecular complexity index is 547. The maximum absolute atomic E-state index is 11.4. The highest BCUT2D eigenvalue weighted by atomic mass is 16.1. The Morgan fingerprint density at radius 1 is 1.40 bits per heavy atom. The normalized spacial score (nSPS) is 22.3. The average molecular weight is 272 g/mol. The molecule has 1 amide bonds. The number of rotatable bonds is 1. The number of piperidine rings is 1. The Balaban J connectivity index is 1.93. The summed E-state index contributed by atoms with van der Waals surface area (Å²) in [5.41, 5.74) is 2.35. The van der Waals surface area contributed by atoms with E-state index in [9.17, 15) is 4.79 Å². The first-order chi connectivity index (χ1) is 9.65. The van der Waals surface area contributed by atoms with E-state index in [1.165, 1.54) is 18.2 Å². The van der Waals surface area contributed by atoms with Gasteiger partial charge in [0.15, 0.2) is 0 Å². The van der Waals surface area contributed by atoms with Gasteiger partial charge in [0.25, 0.3) is 0 Å². The van der Waals surface area contributed by atoms with Crippen molar-refractivity contribution in [2.75, 3.05) is 25.0 Å². The highest BCUT2D eigenvalue weighted by Crippen LogP contribution is 2.33. The fraction of sp³-hybridized carbons (Fsp3) is 0.533. The van der Waals surface area contributed by atoms with Crippen LogP contribution >= 0.6 is 0 Å². The molecule has 0 aromatic carbocycles. The maximum atomic E-state index is 11.4. The van der Waals surface area contributed by atoms with Crippen LogP contribution in [0.4, 0.5) is 5.69 Å². The molecule has 5 nitrogen and oxygen atoms in total. The maximum Gasteiger partial charge on any atom is 0.244 e. The van der Waals surface area contributed by atoms with Crippen LogP contribution in [0.1, 0.15) is 25.3 Å². The van der Waals surface area contributed by atoms with Crippen molar-refractivity contribution in [2.45, 2.75) is 32.2 Å². The smallest absolute Gasteiger partial charge is 0.244 e. The lowest BCUT2D eigenvalue weighted by molar-refractivity contribution is -0.115. The monoisotopic (exact) mass is 272 g/mol. The molecular formula is C15H20N4O. The Labute approximate surface area is 119 Å². The summed E-state index contributed by atoms with van der Waals surface area (Å²) >= 11 is 0. The minimum atomic E-state index is -0.126. The number of hydrogen-bond donors (Lipinski definition) is 0. The summed E-state index contributed by atoms with van der Waals surface area (Å²) in [5, 5.41) is 0. The van der Waals surface area contributed by atoms with Crippen LogP contribution in [0.5, 0.6) is 0 Å². The molecule has 1 saturated heterocycles. The van der Waals surface area contributed by atoms with Crippen molar-refractivity contribution >= 4 is 17.4 Å². The van der Waals surface area contributed by atoms with Gasteiger partial charge in [-0.25, -0.2) is 0 Å². The number of anilines is 1. The molecule has 0 N–H and O–H groups in total. The third-order valence-corrected chi connectivity index (χ3v) is 4.10. The van der Waals surface area contributed by atoms with Gasteiger partial charge in [-0.1, -0.05) is 0 Å². The minimum absolute atomic E-state index is 0.126. The number of amidine groups is 1. The van der Waals surface area contributed by atoms with Crippen molar-refractivity contribution in [3.63, 3.8) is 0 Å². The Kier molecular flexibility index (Phi) is 3.53. The van der Waals surface area contributed by atoms with Gasteiger partial charge >= 0.3 is 0 Å². The van der Waals surface area contributed by atoms with E-state index in [1.54, 1.807) is 0 Å². The standard InChI is InChI=1S/C15H20N4O/c1-11(20)17-15-9-12-10-16-6-3-14(12)19(15)13-4-7-18(2)8-5-13/h3,6,10,13H,4-5,7-9H2,1-2H3. The summed E-state index contributed by atoms with van der Waals surface area (Å²) < 4.78 is 0. The molecule has 0 atom stereocenters. The Morgan fingerprint density at radius 3 is 2.85 bits per heavy atom. The number of carbonyl (C=O) groups excluding carboxylic acids is 1. The molecule has 2 aliphatic heterocycles. The van der Waals surface area contributed by atoms with Crippen molar-refractivity contribution in [1.29, 1.82) is 0 Å². The number of hydrogen-bond acceptors (Lipinski definition) is 3. The van der Waals surface area contributed by atoms with Gasteiger partial charge in [-0.2, -0.15) is 4.99 Å². The van der Waals surface area contributed by atoms with E-state index in [2.05, 4.69) is 26.8 Å². The van der Waals surface area contributed by atoms with E-state index >= 15 is 0 Å². The van der Waals surface area contributed by atoms with Gasteiger partial charge in [0, 0.05) is 43.0 Å². The highest BCUT2D eigenvalue weighted by Gasteiger charge is 2.33. The average Bonchev–Trinajstić information content (AvgIpc) is 2.77. The molecular weight excluding hydrogens is 252 g/mol. The molecule has 0 spiro atoms. The predicted molar refractivity (Wildman–Crippen MR) is 79.1 cm³/mol. The van der Waals surface area contributed by atoms with Crippen LogP contribution in [0.3, 0.4) is 0 Å². The van der Waals surface area contributed by atoms with Gasteiger partial charge in [0.1, 0.15) is 5.84 Å². The van der Waals surface area contributed by atoms with E-state index in [1.807, 2.05) is 18.5 Å². The lowest BCUT2D eigenvalue weighted by atomic mass is 10.0. The molecule has 3 heterocycles. The number of pyridine rings is 1. The molecule has 1 aromatic heterocycles. The SMILES string of the molecule is CC(=O)N=C1Cc2cnccc2N1C1CCN(C)CC1. The zero-order chi connectivity index (χ0) is 14.1. The minimum Gasteiger partial charge on any atom is -0.326 e. The Hall–Kier alpha value is -1.75. The fourth-order valence-electron chi connectivity index (χ4n) is 3.12. The quantitative estimate of drug-likeness (QED) is 0.777. The summed E-state index contributed by atoms with van der Waals surface area (Å²) in [6.45, 7) is 3.70. The van der Waals surface area contributed by atoms with Crippen LogP contribution in [0.2, 0.25) is 0 Å². The second kappa shape index (κ2) is 5.32. The number of nitrogens with zero attached hydrogens (tertiary/aromatic N) is 4. The molecule has 0 radical (unpaired) electrons. The van der Waals surface area contributed by atoms with E-state index in [4.69, 9.17) is 0 Å². The zero-order valence-electron chi connectivity index (χ0n) is 12.0. The first kappa shape index (κ1) is 13.2. The summed E-state index contributed by atoms with van der Waals surface area (Å²) in [7, 11) is 2.16. The van der Waals surface area contributed by atoms with E-state index in [0.717, 1.165) is 38.2 Å². The second-order valence-electron chi connectivity index (χ2n) is 5.63. The number of likely N-dealkylation sites (tertiary alicyclic amines) is 1. The molecule has 106 valence electrons. The van der Waals surface area contributed by atoms with Crippen molar-refractivity contribution in [2.24, 2.45) is 4.99 Å². The van der Waals surface area contributed by atoms with Gasteiger partial charge in [-0.05, 0) is 39.0 Å². The predicted octanol–water partition coefficient (Wildman–Crippen LogP) is 1.48. The molecule has 0 bridgehead atoms. The summed E-state index contributed by atoms with van der Waals surface area (Å²) in [6, 6.07) is 2.48. The van der Waals surface area contributed by atoms with E-state index in [-0.39, 0.29) is 5.91 Å². The van der Waals surface area contributed by atoms with E-state index < -0.39 is 0 Å². The number of aromatic nitrogens is 1. The molecule has 0 aliphatic carbocycles. The molecule has 3 rings (SSSR count). The first-order valence-electron chi connectivity index (χ1n) is 7.14. The number of carbonyl (C=O) groups is 1. The van der Waals surface area contributed by atoms with Crippen molar-refractivity contribution in [3.05, 3.63) is 24.0 Å². The second-order valence-corrected chi connectivity index (χ2v) is 5.63. The van der Waals surface area contributed by atoms with Crippen molar-refractivity contribution < 1.29 is 4.79 Å². The third-order valence-electron chi connectivity index (χ3n) is 4.10. The van der Waals surface area contributed by atoms with Crippen molar-refractivity contribution in [3.8, 4) is 0 Å². The number of amides is 1. The lowest BCUT2D eigenvalue weighted by Crippen LogP contribution is -2.45. The largest absolute Gasteiger partial charge is 0.326 e. The molecule has 0 saturated carbocycles. The highest BCUT2D eigenvalue weighted by molar-refractivity contribution is 6.09. The fourth-order valence-corrected chi connectivity index (χ4v) is 3.12. The molecule has 1 fully saturated rings. The van der Waals surface area contributed by atoms with Crippen LogP contribution in [0.25, 0.3) is 0 Å². The topological polar surface area (TPSA) is 48.8 Å². The number of fused-ring (bicyclic) bond motifs is 1. The third kappa shape index (κ3) is 2.45. The molecule has 20 heavy (non-hydrogen) atoms. The lowest BCUT2D eigenvalue weighted by Gasteiger charge is -2.36. The zero-order valence-corrected chi connectivity index (χ0v) is 12.0. The van der Waals surface area contributed by atoms with Gasteiger partial charge in [0.2, 0.25) is 5.91 Å². The van der Waals surface area contributed by atoms with Crippen LogP contribution in [-0.2, 0) is 11.2 Å².